The molecule has 0 aromatic carbocycles. The minimum absolute atomic E-state index is 0. The Morgan fingerprint density at radius 2 is 0.273 bits per heavy atom. The fraction of sp³-hybridized carbons (Fsp3) is 0. The first-order valence-electron chi connectivity index (χ1n) is 0. The van der Waals surface area contributed by atoms with E-state index in [1.54, 1.807) is 0 Å². The van der Waals surface area contributed by atoms with Crippen LogP contribution >= 0.6 is 0 Å². The molecule has 0 spiro atoms. The van der Waals surface area contributed by atoms with Gasteiger partial charge in [0.2, 0.25) is 0 Å². The molecule has 0 amide bonds. The van der Waals surface area contributed by atoms with Crippen molar-refractivity contribution in [3.05, 3.63) is 0 Å². The zero-order valence-corrected chi connectivity index (χ0v) is 19.8. The second-order valence-corrected chi connectivity index (χ2v) is 0. The van der Waals surface area contributed by atoms with E-state index in [9.17, 15) is 0 Å². The third-order valence-corrected chi connectivity index (χ3v) is 0. The van der Waals surface area contributed by atoms with E-state index >= 15 is 0 Å². The molecule has 0 saturated carbocycles. The average Bonchev–Trinajstić information content (AvgIpc) is 0. The van der Waals surface area contributed by atoms with Crippen molar-refractivity contribution in [1.29, 1.82) is 0 Å². The molecule has 11 heteroatoms. The third-order valence-electron chi connectivity index (χ3n) is 0. The smallest absolute Gasteiger partial charge is 2.00 e. The normalized spacial score (nSPS) is 0. The van der Waals surface area contributed by atoms with Crippen molar-refractivity contribution < 1.29 is 0 Å². The minimum atomic E-state index is 0. The van der Waals surface area contributed by atoms with Gasteiger partial charge >= 0.3 is 74.8 Å². The summed E-state index contributed by atoms with van der Waals surface area (Å²) in [6.07, 6.45) is 0. The molecule has 0 aromatic heterocycles. The van der Waals surface area contributed by atoms with Gasteiger partial charge < -0.3 is 94.5 Å². The van der Waals surface area contributed by atoms with Crippen LogP contribution in [0.1, 0.15) is 0 Å². The minimum Gasteiger partial charge on any atom is -2.00 e. The van der Waals surface area contributed by atoms with Crippen LogP contribution in [0.4, 0.5) is 0 Å². The Morgan fingerprint density at radius 1 is 0.273 bits per heavy atom. The van der Waals surface area contributed by atoms with Gasteiger partial charge in [-0.1, -0.05) is 0 Å². The molecule has 0 rings (SSSR count). The van der Waals surface area contributed by atoms with Crippen LogP contribution in [0, 0.1) is 0 Å². The van der Waals surface area contributed by atoms with Gasteiger partial charge in [-0.3, -0.25) is 0 Å². The monoisotopic (exact) mass is 509 g/mol. The molecule has 0 heterocycles. The van der Waals surface area contributed by atoms with Crippen molar-refractivity contribution in [3.63, 3.8) is 0 Å². The fourth-order valence-corrected chi connectivity index (χ4v) is 0. The van der Waals surface area contributed by atoms with Crippen molar-refractivity contribution in [2.45, 2.75) is 0 Å². The summed E-state index contributed by atoms with van der Waals surface area (Å²) < 4.78 is 0. The Hall–Kier alpha value is 4.81. The second-order valence-electron chi connectivity index (χ2n) is 0. The van der Waals surface area contributed by atoms with Crippen LogP contribution in [0.2, 0.25) is 0 Å². The molecule has 0 atom stereocenters. The molecule has 0 unspecified atom stereocenters. The Labute approximate surface area is 166 Å². The van der Waals surface area contributed by atoms with E-state index in [1.807, 2.05) is 0 Å². The molecular weight excluding hydrogens is 509 g/mol. The van der Waals surface area contributed by atoms with Gasteiger partial charge in [0.25, 0.3) is 0 Å². The third kappa shape index (κ3) is 105. The fourth-order valence-electron chi connectivity index (χ4n) is 0. The van der Waals surface area contributed by atoms with Crippen LogP contribution < -0.4 is 0 Å². The predicted octanol–water partition coefficient (Wildman–Crippen LogP) is -1.54. The summed E-state index contributed by atoms with van der Waals surface area (Å²) >= 11 is 0. The summed E-state index contributed by atoms with van der Waals surface area (Å²) in [7, 11) is 0. The van der Waals surface area contributed by atoms with Crippen LogP contribution in [-0.2, 0) is 94.5 Å². The van der Waals surface area contributed by atoms with E-state index in [-0.39, 0.29) is 169 Å². The topological polar surface area (TPSA) is 0 Å². The number of hydrogen-bond donors (Lipinski definition) is 0. The summed E-state index contributed by atoms with van der Waals surface area (Å²) in [5.74, 6) is 0. The molecule has 0 N–H and O–H groups in total. The van der Waals surface area contributed by atoms with Gasteiger partial charge in [-0.15, -0.1) is 0 Å². The maximum absolute atomic E-state index is 0. The average molecular weight is 509 g/mol. The van der Waals surface area contributed by atoms with E-state index in [0.29, 0.717) is 0 Å². The molecule has 11 heavy (non-hydrogen) atoms. The largest absolute Gasteiger partial charge is 4.00 e. The molecule has 0 bridgehead atoms. The Bertz CT molecular complexity index is 14.4. The van der Waals surface area contributed by atoms with Gasteiger partial charge in [0.05, 0.1) is 0 Å². The summed E-state index contributed by atoms with van der Waals surface area (Å²) in [6.45, 7) is 0. The van der Waals surface area contributed by atoms with E-state index in [2.05, 4.69) is 0 Å². The molecule has 0 nitrogen and oxygen atoms in total. The molecule has 0 fully saturated rings. The van der Waals surface area contributed by atoms with Crippen molar-refractivity contribution in [2.75, 3.05) is 0 Å². The first-order chi connectivity index (χ1) is 0. The van der Waals surface area contributed by atoms with E-state index in [0.717, 1.165) is 0 Å². The van der Waals surface area contributed by atoms with Crippen molar-refractivity contribution in [1.82, 2.24) is 0 Å². The zero-order chi connectivity index (χ0) is 0. The van der Waals surface area contributed by atoms with Gasteiger partial charge in [0, 0.05) is 0 Å². The molecule has 0 aliphatic carbocycles. The van der Waals surface area contributed by atoms with E-state index < -0.39 is 0 Å². The van der Waals surface area contributed by atoms with Gasteiger partial charge in [0.15, 0.2) is 0 Å². The van der Waals surface area contributed by atoms with Crippen molar-refractivity contribution in [3.8, 4) is 0 Å². The summed E-state index contributed by atoms with van der Waals surface area (Å²) in [4.78, 5) is 0. The summed E-state index contributed by atoms with van der Waals surface area (Å²) in [5, 5.41) is 0. The van der Waals surface area contributed by atoms with Crippen LogP contribution in [0.25, 0.3) is 0 Å². The molecule has 0 saturated heterocycles. The molecule has 0 aliphatic heterocycles. The zero-order valence-electron chi connectivity index (χ0n) is 5.01. The summed E-state index contributed by atoms with van der Waals surface area (Å²) in [5.41, 5.74) is 0. The van der Waals surface area contributed by atoms with Crippen LogP contribution in [0.5, 0.6) is 0 Å². The number of rotatable bonds is 0. The number of hydrogen-bond acceptors (Lipinski definition) is 0. The predicted molar refractivity (Wildman–Crippen MR) is 74.6 cm³/mol. The first-order valence-corrected chi connectivity index (χ1v) is 0. The Kier molecular flexibility index (Phi) is 1660. The van der Waals surface area contributed by atoms with Gasteiger partial charge in [0.1, 0.15) is 0 Å². The van der Waals surface area contributed by atoms with Crippen molar-refractivity contribution >= 4 is 169 Å². The van der Waals surface area contributed by atoms with Gasteiger partial charge in [-0.2, -0.15) is 0 Å². The van der Waals surface area contributed by atoms with Crippen molar-refractivity contribution in [2.24, 2.45) is 0 Å². The first kappa shape index (κ1) is 150. The molecular formula is Ga2Ge2S7. The molecule has 56 valence electrons. The van der Waals surface area contributed by atoms with Gasteiger partial charge in [-0.25, -0.2) is 0 Å². The molecule has 0 aromatic rings. The molecule has 0 radical (unpaired) electrons. The maximum atomic E-state index is 0. The molecule has 0 aliphatic rings. The van der Waals surface area contributed by atoms with Gasteiger partial charge in [-0.05, 0) is 0 Å². The Balaban J connectivity index is 0. The standard InChI is InChI=1S/2Ga.2Ge.7S/q2*+3;2*+4;7*-2. The van der Waals surface area contributed by atoms with Crippen LogP contribution in [0.15, 0.2) is 0 Å². The van der Waals surface area contributed by atoms with Crippen LogP contribution in [0.3, 0.4) is 0 Å². The van der Waals surface area contributed by atoms with E-state index in [4.69, 9.17) is 0 Å². The summed E-state index contributed by atoms with van der Waals surface area (Å²) in [6, 6.07) is 0. The SMILES string of the molecule is [Ga+3].[Ga+3].[Ge+4].[Ge+4].[S-2].[S-2].[S-2].[S-2].[S-2].[S-2].[S-2]. The Morgan fingerprint density at radius 3 is 0.273 bits per heavy atom. The maximum Gasteiger partial charge on any atom is 4.00 e. The quantitative estimate of drug-likeness (QED) is 0.348. The van der Waals surface area contributed by atoms with E-state index in [1.165, 1.54) is 0 Å². The van der Waals surface area contributed by atoms with Crippen LogP contribution in [-0.4, -0.2) is 74.8 Å². The second kappa shape index (κ2) is 122.